The van der Waals surface area contributed by atoms with Crippen molar-refractivity contribution >= 4 is 23.6 Å². The Balaban J connectivity index is 1.58. The van der Waals surface area contributed by atoms with Crippen molar-refractivity contribution in [3.8, 4) is 5.75 Å². The predicted octanol–water partition coefficient (Wildman–Crippen LogP) is 2.79. The highest BCUT2D eigenvalue weighted by Gasteiger charge is 2.51. The summed E-state index contributed by atoms with van der Waals surface area (Å²) in [7, 11) is 1.27. The Kier molecular flexibility index (Phi) is 4.24. The molecule has 0 amide bonds. The topological polar surface area (TPSA) is 58.4 Å². The van der Waals surface area contributed by atoms with E-state index in [-0.39, 0.29) is 11.2 Å². The van der Waals surface area contributed by atoms with Gasteiger partial charge in [0.25, 0.3) is 0 Å². The van der Waals surface area contributed by atoms with E-state index in [1.807, 2.05) is 47.1 Å². The molecule has 3 aromatic rings. The molecule has 2 aromatic carbocycles. The van der Waals surface area contributed by atoms with E-state index in [2.05, 4.69) is 38.0 Å². The summed E-state index contributed by atoms with van der Waals surface area (Å²) in [5.74, 6) is 0.842. The van der Waals surface area contributed by atoms with Crippen molar-refractivity contribution < 1.29 is 14.0 Å². The molecule has 4 rings (SSSR count). The maximum atomic E-state index is 6.13. The molecule has 0 radical (unpaired) electrons. The first-order valence-electron chi connectivity index (χ1n) is 9.11. The van der Waals surface area contributed by atoms with Gasteiger partial charge in [0.15, 0.2) is 0 Å². The summed E-state index contributed by atoms with van der Waals surface area (Å²) in [6.07, 6.45) is 0. The van der Waals surface area contributed by atoms with Crippen LogP contribution in [0, 0.1) is 0 Å². The summed E-state index contributed by atoms with van der Waals surface area (Å²) >= 11 is 0. The van der Waals surface area contributed by atoms with Gasteiger partial charge in [-0.15, -0.1) is 5.10 Å². The first-order valence-corrected chi connectivity index (χ1v) is 9.11. The van der Waals surface area contributed by atoms with Gasteiger partial charge in [0, 0.05) is 0 Å². The Labute approximate surface area is 159 Å². The first kappa shape index (κ1) is 18.0. The molecular weight excluding hydrogens is 341 g/mol. The number of benzene rings is 2. The normalized spacial score (nSPS) is 18.2. The molecule has 0 aliphatic carbocycles. The fraction of sp³-hybridized carbons (Fsp3) is 0.400. The van der Waals surface area contributed by atoms with Gasteiger partial charge in [-0.1, -0.05) is 23.4 Å². The van der Waals surface area contributed by atoms with Crippen LogP contribution in [0.1, 0.15) is 33.3 Å². The molecule has 1 aliphatic heterocycles. The van der Waals surface area contributed by atoms with Crippen LogP contribution in [0.25, 0.3) is 11.0 Å². The number of methoxy groups -OCH3 is 1. The predicted molar refractivity (Wildman–Crippen MR) is 105 cm³/mol. The Bertz CT molecular complexity index is 950. The number of rotatable bonds is 4. The van der Waals surface area contributed by atoms with Crippen LogP contribution in [0.4, 0.5) is 0 Å². The molecule has 0 unspecified atom stereocenters. The van der Waals surface area contributed by atoms with Crippen LogP contribution in [0.15, 0.2) is 42.5 Å². The third-order valence-corrected chi connectivity index (χ3v) is 5.55. The van der Waals surface area contributed by atoms with Crippen molar-refractivity contribution in [1.82, 2.24) is 15.0 Å². The largest absolute Gasteiger partial charge is 0.497 e. The molecule has 0 atom stereocenters. The monoisotopic (exact) mass is 365 g/mol. The highest BCUT2D eigenvalue weighted by molar-refractivity contribution is 6.62. The molecule has 1 aromatic heterocycles. The maximum absolute atomic E-state index is 6.13. The van der Waals surface area contributed by atoms with Crippen LogP contribution < -0.4 is 10.2 Å². The lowest BCUT2D eigenvalue weighted by atomic mass is 9.79. The average Bonchev–Trinajstić information content (AvgIpc) is 3.12. The molecule has 1 aliphatic rings. The molecule has 0 N–H and O–H groups in total. The maximum Gasteiger partial charge on any atom is 0.494 e. The minimum Gasteiger partial charge on any atom is -0.497 e. The van der Waals surface area contributed by atoms with Crippen molar-refractivity contribution in [2.45, 2.75) is 45.4 Å². The van der Waals surface area contributed by atoms with Gasteiger partial charge in [-0.3, -0.25) is 0 Å². The van der Waals surface area contributed by atoms with Gasteiger partial charge in [0.2, 0.25) is 0 Å². The number of aromatic nitrogens is 3. The van der Waals surface area contributed by atoms with E-state index in [1.165, 1.54) is 0 Å². The van der Waals surface area contributed by atoms with Crippen LogP contribution in [-0.4, -0.2) is 40.4 Å². The van der Waals surface area contributed by atoms with Gasteiger partial charge in [0.05, 0.1) is 30.4 Å². The van der Waals surface area contributed by atoms with Crippen molar-refractivity contribution in [2.75, 3.05) is 7.11 Å². The van der Waals surface area contributed by atoms with Gasteiger partial charge in [-0.05, 0) is 63.0 Å². The second-order valence-corrected chi connectivity index (χ2v) is 7.93. The smallest absolute Gasteiger partial charge is 0.494 e. The van der Waals surface area contributed by atoms with E-state index in [0.717, 1.165) is 27.8 Å². The Morgan fingerprint density at radius 2 is 1.67 bits per heavy atom. The van der Waals surface area contributed by atoms with E-state index >= 15 is 0 Å². The van der Waals surface area contributed by atoms with Crippen LogP contribution in [0.2, 0.25) is 0 Å². The highest BCUT2D eigenvalue weighted by atomic mass is 16.7. The number of ether oxygens (including phenoxy) is 1. The Hall–Kier alpha value is -2.38. The number of hydrogen-bond acceptors (Lipinski definition) is 5. The molecule has 7 heteroatoms. The van der Waals surface area contributed by atoms with Gasteiger partial charge < -0.3 is 14.0 Å². The van der Waals surface area contributed by atoms with Crippen molar-refractivity contribution in [3.63, 3.8) is 0 Å². The summed E-state index contributed by atoms with van der Waals surface area (Å²) in [6.45, 7) is 8.86. The SMILES string of the molecule is COc1ccc(Cn2nnc3cc(B4OC(C)(C)C(C)(C)O4)ccc32)cc1. The molecule has 6 nitrogen and oxygen atoms in total. The molecule has 1 saturated heterocycles. The van der Waals surface area contributed by atoms with Crippen molar-refractivity contribution in [3.05, 3.63) is 48.0 Å². The van der Waals surface area contributed by atoms with Crippen LogP contribution >= 0.6 is 0 Å². The third kappa shape index (κ3) is 3.21. The summed E-state index contributed by atoms with van der Waals surface area (Å²) < 4.78 is 19.4. The zero-order valence-electron chi connectivity index (χ0n) is 16.4. The second-order valence-electron chi connectivity index (χ2n) is 7.93. The zero-order valence-corrected chi connectivity index (χ0v) is 16.4. The van der Waals surface area contributed by atoms with Gasteiger partial charge in [-0.2, -0.15) is 0 Å². The molecule has 140 valence electrons. The fourth-order valence-electron chi connectivity index (χ4n) is 3.14. The Morgan fingerprint density at radius 3 is 2.30 bits per heavy atom. The first-order chi connectivity index (χ1) is 12.8. The molecule has 0 spiro atoms. The quantitative estimate of drug-likeness (QED) is 0.666. The number of fused-ring (bicyclic) bond motifs is 1. The minimum atomic E-state index is -0.397. The standard InChI is InChI=1S/C20H24BN3O3/c1-19(2)20(3,4)27-21(26-19)15-8-11-18-17(12-15)22-23-24(18)13-14-6-9-16(25-5)10-7-14/h6-12H,13H2,1-5H3. The highest BCUT2D eigenvalue weighted by Crippen LogP contribution is 2.36. The average molecular weight is 365 g/mol. The van der Waals surface area contributed by atoms with E-state index in [4.69, 9.17) is 14.0 Å². The van der Waals surface area contributed by atoms with E-state index in [9.17, 15) is 0 Å². The second kappa shape index (κ2) is 6.35. The number of nitrogens with zero attached hydrogens (tertiary/aromatic N) is 3. The third-order valence-electron chi connectivity index (χ3n) is 5.55. The van der Waals surface area contributed by atoms with Crippen LogP contribution in [0.5, 0.6) is 5.75 Å². The lowest BCUT2D eigenvalue weighted by molar-refractivity contribution is 0.00578. The molecule has 1 fully saturated rings. The summed E-state index contributed by atoms with van der Waals surface area (Å²) in [4.78, 5) is 0. The lowest BCUT2D eigenvalue weighted by Gasteiger charge is -2.32. The number of hydrogen-bond donors (Lipinski definition) is 0. The Morgan fingerprint density at radius 1 is 1.00 bits per heavy atom. The molecule has 0 bridgehead atoms. The van der Waals surface area contributed by atoms with Gasteiger partial charge in [0.1, 0.15) is 11.3 Å². The van der Waals surface area contributed by atoms with E-state index in [0.29, 0.717) is 6.54 Å². The summed E-state index contributed by atoms with van der Waals surface area (Å²) in [6, 6.07) is 14.0. The van der Waals surface area contributed by atoms with E-state index < -0.39 is 7.12 Å². The molecule has 27 heavy (non-hydrogen) atoms. The fourth-order valence-corrected chi connectivity index (χ4v) is 3.14. The summed E-state index contributed by atoms with van der Waals surface area (Å²) in [5.41, 5.74) is 3.18. The molecule has 2 heterocycles. The van der Waals surface area contributed by atoms with Crippen LogP contribution in [-0.2, 0) is 15.9 Å². The van der Waals surface area contributed by atoms with E-state index in [1.54, 1.807) is 7.11 Å². The molecular formula is C20H24BN3O3. The van der Waals surface area contributed by atoms with Crippen LogP contribution in [0.3, 0.4) is 0 Å². The minimum absolute atomic E-state index is 0.363. The van der Waals surface area contributed by atoms with Crippen molar-refractivity contribution in [1.29, 1.82) is 0 Å². The lowest BCUT2D eigenvalue weighted by Crippen LogP contribution is -2.41. The van der Waals surface area contributed by atoms with Crippen molar-refractivity contribution in [2.24, 2.45) is 0 Å². The molecule has 0 saturated carbocycles. The van der Waals surface area contributed by atoms with Gasteiger partial charge >= 0.3 is 7.12 Å². The summed E-state index contributed by atoms with van der Waals surface area (Å²) in [5, 5.41) is 8.64. The van der Waals surface area contributed by atoms with Gasteiger partial charge in [-0.25, -0.2) is 4.68 Å². The zero-order chi connectivity index (χ0) is 19.2.